The van der Waals surface area contributed by atoms with Crippen LogP contribution in [0.15, 0.2) is 0 Å². The minimum atomic E-state index is -0.921. The lowest BCUT2D eigenvalue weighted by atomic mass is 9.79. The Balaban J connectivity index is 2.78. The molecule has 1 heterocycles. The number of thiocarbonyl (C=S) groups is 1. The van der Waals surface area contributed by atoms with Gasteiger partial charge in [0.05, 0.1) is 12.1 Å². The number of hydrogen-bond acceptors (Lipinski definition) is 5. The highest BCUT2D eigenvalue weighted by Gasteiger charge is 2.43. The molecule has 0 aromatic rings. The Bertz CT molecular complexity index is 353. The largest absolute Gasteiger partial charge is 0.467 e. The van der Waals surface area contributed by atoms with Gasteiger partial charge in [-0.1, -0.05) is 12.2 Å². The van der Waals surface area contributed by atoms with E-state index in [1.165, 1.54) is 7.11 Å². The molecule has 0 aliphatic carbocycles. The number of carbonyl (C=O) groups excluding carboxylic acids is 2. The fourth-order valence-electron chi connectivity index (χ4n) is 1.88. The van der Waals surface area contributed by atoms with Crippen molar-refractivity contribution in [2.45, 2.75) is 25.8 Å². The summed E-state index contributed by atoms with van der Waals surface area (Å²) >= 11 is 5.00. The predicted octanol–water partition coefficient (Wildman–Crippen LogP) is -0.253. The first-order valence-corrected chi connectivity index (χ1v) is 6.11. The van der Waals surface area contributed by atoms with Crippen LogP contribution in [0.2, 0.25) is 0 Å². The van der Waals surface area contributed by atoms with Gasteiger partial charge in [0, 0.05) is 13.2 Å². The lowest BCUT2D eigenvalue weighted by Gasteiger charge is -2.35. The molecule has 1 fully saturated rings. The summed E-state index contributed by atoms with van der Waals surface area (Å²) in [5.41, 5.74) is 4.77. The van der Waals surface area contributed by atoms with Gasteiger partial charge >= 0.3 is 5.97 Å². The van der Waals surface area contributed by atoms with Crippen LogP contribution in [0.4, 0.5) is 0 Å². The molecule has 0 radical (unpaired) electrons. The number of ether oxygens (including phenoxy) is 2. The van der Waals surface area contributed by atoms with Crippen molar-refractivity contribution >= 4 is 29.1 Å². The third-order valence-corrected chi connectivity index (χ3v) is 3.55. The Morgan fingerprint density at radius 2 is 2.00 bits per heavy atom. The molecule has 0 aromatic carbocycles. The van der Waals surface area contributed by atoms with Gasteiger partial charge in [-0.05, 0) is 19.8 Å². The maximum atomic E-state index is 12.3. The Hall–Kier alpha value is -1.21. The number of esters is 1. The van der Waals surface area contributed by atoms with Crippen LogP contribution in [0.25, 0.3) is 0 Å². The number of amides is 1. The third kappa shape index (κ3) is 2.97. The van der Waals surface area contributed by atoms with Crippen molar-refractivity contribution in [1.82, 2.24) is 5.32 Å². The van der Waals surface area contributed by atoms with Gasteiger partial charge < -0.3 is 20.5 Å². The van der Waals surface area contributed by atoms with E-state index in [1.54, 1.807) is 6.92 Å². The van der Waals surface area contributed by atoms with Crippen molar-refractivity contribution in [3.63, 3.8) is 0 Å². The summed E-state index contributed by atoms with van der Waals surface area (Å²) in [7, 11) is 1.27. The molecule has 102 valence electrons. The average Bonchev–Trinajstić information content (AvgIpc) is 2.38. The molecular weight excluding hydrogens is 256 g/mol. The summed E-state index contributed by atoms with van der Waals surface area (Å²) in [4.78, 5) is 23.7. The molecule has 1 rings (SSSR count). The summed E-state index contributed by atoms with van der Waals surface area (Å²) in [6.45, 7) is 2.41. The van der Waals surface area contributed by atoms with Gasteiger partial charge in [0.1, 0.15) is 11.5 Å². The van der Waals surface area contributed by atoms with Crippen LogP contribution in [-0.4, -0.2) is 43.2 Å². The van der Waals surface area contributed by atoms with Gasteiger partial charge in [0.25, 0.3) is 0 Å². The molecule has 1 aliphatic heterocycles. The molecule has 1 aliphatic rings. The summed E-state index contributed by atoms with van der Waals surface area (Å²) in [5.74, 6) is -0.843. The van der Waals surface area contributed by atoms with Crippen molar-refractivity contribution in [3.8, 4) is 0 Å². The number of methoxy groups -OCH3 is 1. The van der Waals surface area contributed by atoms with Gasteiger partial charge in [-0.15, -0.1) is 0 Å². The molecular formula is C11H18N2O4S. The molecule has 18 heavy (non-hydrogen) atoms. The second-order valence-corrected chi connectivity index (χ2v) is 4.72. The van der Waals surface area contributed by atoms with Crippen LogP contribution in [0.1, 0.15) is 19.8 Å². The quantitative estimate of drug-likeness (QED) is 0.542. The Morgan fingerprint density at radius 1 is 1.44 bits per heavy atom. The lowest BCUT2D eigenvalue weighted by molar-refractivity contribution is -0.146. The highest BCUT2D eigenvalue weighted by Crippen LogP contribution is 2.31. The zero-order valence-corrected chi connectivity index (χ0v) is 11.3. The topological polar surface area (TPSA) is 90.7 Å². The van der Waals surface area contributed by atoms with E-state index in [1.807, 2.05) is 0 Å². The maximum Gasteiger partial charge on any atom is 0.328 e. The maximum absolute atomic E-state index is 12.3. The number of nitrogens with one attached hydrogen (secondary N) is 1. The van der Waals surface area contributed by atoms with Crippen LogP contribution in [0.3, 0.4) is 0 Å². The van der Waals surface area contributed by atoms with Crippen LogP contribution >= 0.6 is 12.2 Å². The van der Waals surface area contributed by atoms with Gasteiger partial charge in [-0.2, -0.15) is 0 Å². The standard InChI is InChI=1S/C11H18N2O4S/c1-7(8(14)16-2)13-10(15)11(9(12)18)3-5-17-6-4-11/h7H,3-6H2,1-2H3,(H2,12,18)(H,13,15). The summed E-state index contributed by atoms with van der Waals surface area (Å²) in [6.07, 6.45) is 0.865. The van der Waals surface area contributed by atoms with Gasteiger partial charge in [-0.3, -0.25) is 4.79 Å². The van der Waals surface area contributed by atoms with Crippen molar-refractivity contribution < 1.29 is 19.1 Å². The smallest absolute Gasteiger partial charge is 0.328 e. The Kier molecular flexibility index (Phi) is 5.03. The number of rotatable bonds is 4. The van der Waals surface area contributed by atoms with Crippen molar-refractivity contribution in [2.24, 2.45) is 11.1 Å². The molecule has 1 atom stereocenters. The van der Waals surface area contributed by atoms with E-state index in [0.29, 0.717) is 26.1 Å². The molecule has 1 amide bonds. The monoisotopic (exact) mass is 274 g/mol. The minimum Gasteiger partial charge on any atom is -0.467 e. The first-order valence-electron chi connectivity index (χ1n) is 5.70. The molecule has 3 N–H and O–H groups in total. The van der Waals surface area contributed by atoms with E-state index >= 15 is 0 Å². The zero-order chi connectivity index (χ0) is 13.8. The van der Waals surface area contributed by atoms with Gasteiger partial charge in [-0.25, -0.2) is 4.79 Å². The number of hydrogen-bond donors (Lipinski definition) is 2. The van der Waals surface area contributed by atoms with Crippen molar-refractivity contribution in [1.29, 1.82) is 0 Å². The molecule has 0 spiro atoms. The van der Waals surface area contributed by atoms with E-state index in [2.05, 4.69) is 10.1 Å². The zero-order valence-electron chi connectivity index (χ0n) is 10.5. The second-order valence-electron chi connectivity index (χ2n) is 4.28. The molecule has 0 bridgehead atoms. The Labute approximate surface area is 111 Å². The highest BCUT2D eigenvalue weighted by atomic mass is 32.1. The van der Waals surface area contributed by atoms with E-state index < -0.39 is 17.4 Å². The molecule has 0 saturated carbocycles. The number of carbonyl (C=O) groups is 2. The average molecular weight is 274 g/mol. The molecule has 1 saturated heterocycles. The summed E-state index contributed by atoms with van der Waals surface area (Å²) in [5, 5.41) is 2.59. The van der Waals surface area contributed by atoms with Crippen LogP contribution in [-0.2, 0) is 19.1 Å². The van der Waals surface area contributed by atoms with Crippen molar-refractivity contribution in [3.05, 3.63) is 0 Å². The fourth-order valence-corrected chi connectivity index (χ4v) is 2.17. The minimum absolute atomic E-state index is 0.139. The van der Waals surface area contributed by atoms with E-state index in [4.69, 9.17) is 22.7 Å². The Morgan fingerprint density at radius 3 is 2.44 bits per heavy atom. The highest BCUT2D eigenvalue weighted by molar-refractivity contribution is 7.80. The van der Waals surface area contributed by atoms with E-state index in [0.717, 1.165) is 0 Å². The summed E-state index contributed by atoms with van der Waals surface area (Å²) < 4.78 is 9.76. The normalized spacial score (nSPS) is 19.7. The number of nitrogens with two attached hydrogens (primary N) is 1. The van der Waals surface area contributed by atoms with Gasteiger partial charge in [0.2, 0.25) is 5.91 Å². The van der Waals surface area contributed by atoms with Crippen molar-refractivity contribution in [2.75, 3.05) is 20.3 Å². The second kappa shape index (κ2) is 6.10. The molecule has 6 nitrogen and oxygen atoms in total. The lowest BCUT2D eigenvalue weighted by Crippen LogP contribution is -2.54. The van der Waals surface area contributed by atoms with Crippen LogP contribution < -0.4 is 11.1 Å². The molecule has 1 unspecified atom stereocenters. The fraction of sp³-hybridized carbons (Fsp3) is 0.727. The molecule has 0 aromatic heterocycles. The van der Waals surface area contributed by atoms with E-state index in [-0.39, 0.29) is 10.9 Å². The predicted molar refractivity (Wildman–Crippen MR) is 68.9 cm³/mol. The summed E-state index contributed by atoms with van der Waals surface area (Å²) in [6, 6.07) is -0.725. The first-order chi connectivity index (χ1) is 8.44. The van der Waals surface area contributed by atoms with Crippen LogP contribution in [0, 0.1) is 5.41 Å². The molecule has 7 heteroatoms. The SMILES string of the molecule is COC(=O)C(C)NC(=O)C1(C(N)=S)CCOCC1. The van der Waals surface area contributed by atoms with E-state index in [9.17, 15) is 9.59 Å². The third-order valence-electron chi connectivity index (χ3n) is 3.15. The first kappa shape index (κ1) is 14.8. The van der Waals surface area contributed by atoms with Gasteiger partial charge in [0.15, 0.2) is 0 Å². The van der Waals surface area contributed by atoms with Crippen LogP contribution in [0.5, 0.6) is 0 Å².